The molecule has 5 nitrogen and oxygen atoms in total. The van der Waals surface area contributed by atoms with Crippen LogP contribution in [0.1, 0.15) is 37.9 Å². The number of sulfonamides is 1. The van der Waals surface area contributed by atoms with Crippen molar-refractivity contribution in [2.45, 2.75) is 51.3 Å². The molecule has 1 aliphatic carbocycles. The van der Waals surface area contributed by atoms with E-state index < -0.39 is 10.0 Å². The van der Waals surface area contributed by atoms with Gasteiger partial charge in [0.05, 0.1) is 18.0 Å². The van der Waals surface area contributed by atoms with Crippen molar-refractivity contribution in [3.8, 4) is 0 Å². The lowest BCUT2D eigenvalue weighted by Crippen LogP contribution is -2.33. The Balaban J connectivity index is 1.93. The van der Waals surface area contributed by atoms with Gasteiger partial charge in [0, 0.05) is 12.2 Å². The molecule has 1 heterocycles. The number of aromatic nitrogens is 2. The number of nitrogens with one attached hydrogen (secondary N) is 1. The van der Waals surface area contributed by atoms with Crippen LogP contribution in [0.3, 0.4) is 0 Å². The topological polar surface area (TPSA) is 64.0 Å². The third-order valence-electron chi connectivity index (χ3n) is 3.39. The summed E-state index contributed by atoms with van der Waals surface area (Å²) >= 11 is 0. The molecule has 0 aromatic carbocycles. The molecule has 18 heavy (non-hydrogen) atoms. The van der Waals surface area contributed by atoms with Gasteiger partial charge < -0.3 is 0 Å². The van der Waals surface area contributed by atoms with Crippen LogP contribution in [0, 0.1) is 0 Å². The van der Waals surface area contributed by atoms with E-state index >= 15 is 0 Å². The zero-order valence-electron chi connectivity index (χ0n) is 11.0. The highest BCUT2D eigenvalue weighted by molar-refractivity contribution is 7.90. The molecule has 0 spiro atoms. The zero-order chi connectivity index (χ0) is 13.2. The van der Waals surface area contributed by atoms with E-state index in [1.807, 2.05) is 10.9 Å². The molecule has 0 saturated heterocycles. The van der Waals surface area contributed by atoms with Crippen LogP contribution in [0.25, 0.3) is 0 Å². The fourth-order valence-corrected chi connectivity index (χ4v) is 2.92. The van der Waals surface area contributed by atoms with E-state index in [9.17, 15) is 8.42 Å². The Kier molecular flexibility index (Phi) is 4.07. The predicted molar refractivity (Wildman–Crippen MR) is 70.9 cm³/mol. The minimum Gasteiger partial charge on any atom is -0.268 e. The van der Waals surface area contributed by atoms with Crippen molar-refractivity contribution in [3.63, 3.8) is 0 Å². The van der Waals surface area contributed by atoms with Crippen molar-refractivity contribution in [1.82, 2.24) is 14.5 Å². The molecule has 0 atom stereocenters. The quantitative estimate of drug-likeness (QED) is 0.872. The summed E-state index contributed by atoms with van der Waals surface area (Å²) in [5.74, 6) is 0. The average molecular weight is 271 g/mol. The van der Waals surface area contributed by atoms with E-state index in [2.05, 4.69) is 9.82 Å². The van der Waals surface area contributed by atoms with Gasteiger partial charge in [-0.3, -0.25) is 4.68 Å². The first kappa shape index (κ1) is 13.5. The molecule has 0 aliphatic heterocycles. The Morgan fingerprint density at radius 1 is 1.39 bits per heavy atom. The Morgan fingerprint density at radius 2 is 2.11 bits per heavy atom. The van der Waals surface area contributed by atoms with Crippen LogP contribution in [0.5, 0.6) is 0 Å². The Hall–Kier alpha value is -0.880. The molecular weight excluding hydrogens is 250 g/mol. The summed E-state index contributed by atoms with van der Waals surface area (Å²) in [6.07, 6.45) is 6.53. The van der Waals surface area contributed by atoms with Crippen molar-refractivity contribution < 1.29 is 8.42 Å². The van der Waals surface area contributed by atoms with Gasteiger partial charge in [0.25, 0.3) is 0 Å². The van der Waals surface area contributed by atoms with Crippen LogP contribution in [-0.2, 0) is 29.4 Å². The first-order chi connectivity index (χ1) is 8.50. The van der Waals surface area contributed by atoms with Gasteiger partial charge in [0.15, 0.2) is 0 Å². The van der Waals surface area contributed by atoms with Gasteiger partial charge in [-0.25, -0.2) is 13.1 Å². The van der Waals surface area contributed by atoms with Gasteiger partial charge >= 0.3 is 0 Å². The van der Waals surface area contributed by atoms with Gasteiger partial charge in [-0.1, -0.05) is 0 Å². The van der Waals surface area contributed by atoms with Crippen LogP contribution < -0.4 is 4.72 Å². The zero-order valence-corrected chi connectivity index (χ0v) is 11.8. The number of fused-ring (bicyclic) bond motifs is 1. The lowest BCUT2D eigenvalue weighted by molar-refractivity contribution is 0.535. The first-order valence-electron chi connectivity index (χ1n) is 6.53. The third kappa shape index (κ3) is 2.92. The molecule has 0 unspecified atom stereocenters. The summed E-state index contributed by atoms with van der Waals surface area (Å²) in [4.78, 5) is 0. The molecule has 0 fully saturated rings. The van der Waals surface area contributed by atoms with E-state index in [1.54, 1.807) is 13.8 Å². The summed E-state index contributed by atoms with van der Waals surface area (Å²) < 4.78 is 27.8. The van der Waals surface area contributed by atoms with E-state index in [4.69, 9.17) is 0 Å². The maximum Gasteiger partial charge on any atom is 0.213 e. The van der Waals surface area contributed by atoms with Gasteiger partial charge in [-0.15, -0.1) is 0 Å². The van der Waals surface area contributed by atoms with E-state index in [0.29, 0.717) is 13.1 Å². The molecule has 1 N–H and O–H groups in total. The van der Waals surface area contributed by atoms with E-state index in [0.717, 1.165) is 12.8 Å². The average Bonchev–Trinajstić information content (AvgIpc) is 2.72. The van der Waals surface area contributed by atoms with Crippen molar-refractivity contribution in [1.29, 1.82) is 0 Å². The molecule has 6 heteroatoms. The van der Waals surface area contributed by atoms with Gasteiger partial charge in [-0.05, 0) is 45.1 Å². The Morgan fingerprint density at radius 3 is 2.83 bits per heavy atom. The fourth-order valence-electron chi connectivity index (χ4n) is 2.21. The van der Waals surface area contributed by atoms with Crippen molar-refractivity contribution >= 4 is 10.0 Å². The van der Waals surface area contributed by atoms with Crippen molar-refractivity contribution in [2.75, 3.05) is 6.54 Å². The summed E-state index contributed by atoms with van der Waals surface area (Å²) in [5.41, 5.74) is 2.61. The van der Waals surface area contributed by atoms with E-state index in [-0.39, 0.29) is 5.25 Å². The number of rotatable bonds is 5. The predicted octanol–water partition coefficient (Wildman–Crippen LogP) is 1.09. The second kappa shape index (κ2) is 5.40. The Bertz CT molecular complexity index is 505. The van der Waals surface area contributed by atoms with Crippen molar-refractivity contribution in [2.24, 2.45) is 0 Å². The molecule has 0 bridgehead atoms. The number of aryl methyl sites for hydroxylation is 1. The molecule has 0 saturated carbocycles. The maximum absolute atomic E-state index is 11.6. The molecule has 1 aliphatic rings. The maximum atomic E-state index is 11.6. The standard InChI is InChI=1S/C12H21N3O2S/c1-10(2)18(16,17)14-7-8-15-12-6-4-3-5-11(12)9-13-15/h9-10,14H,3-8H2,1-2H3. The summed E-state index contributed by atoms with van der Waals surface area (Å²) in [6.45, 7) is 4.38. The highest BCUT2D eigenvalue weighted by atomic mass is 32.2. The van der Waals surface area contributed by atoms with Crippen molar-refractivity contribution in [3.05, 3.63) is 17.5 Å². The highest BCUT2D eigenvalue weighted by Crippen LogP contribution is 2.20. The second-order valence-corrected chi connectivity index (χ2v) is 7.36. The number of nitrogens with zero attached hydrogens (tertiary/aromatic N) is 2. The molecule has 1 aromatic rings. The highest BCUT2D eigenvalue weighted by Gasteiger charge is 2.17. The molecule has 0 amide bonds. The van der Waals surface area contributed by atoms with E-state index in [1.165, 1.54) is 24.1 Å². The van der Waals surface area contributed by atoms with Gasteiger partial charge in [0.2, 0.25) is 10.0 Å². The lowest BCUT2D eigenvalue weighted by atomic mass is 9.98. The molecule has 2 rings (SSSR count). The van der Waals surface area contributed by atoms with Crippen LogP contribution in [0.4, 0.5) is 0 Å². The summed E-state index contributed by atoms with van der Waals surface area (Å²) in [5, 5.41) is 3.96. The smallest absolute Gasteiger partial charge is 0.213 e. The van der Waals surface area contributed by atoms with Crippen LogP contribution in [-0.4, -0.2) is 30.0 Å². The number of hydrogen-bond donors (Lipinski definition) is 1. The normalized spacial score (nSPS) is 15.9. The monoisotopic (exact) mass is 271 g/mol. The fraction of sp³-hybridized carbons (Fsp3) is 0.750. The summed E-state index contributed by atoms with van der Waals surface area (Å²) in [7, 11) is -3.16. The SMILES string of the molecule is CC(C)S(=O)(=O)NCCn1ncc2c1CCCC2. The second-order valence-electron chi connectivity index (χ2n) is 5.03. The van der Waals surface area contributed by atoms with Gasteiger partial charge in [0.1, 0.15) is 0 Å². The molecule has 1 aromatic heterocycles. The lowest BCUT2D eigenvalue weighted by Gasteiger charge is -2.14. The Labute approximate surface area is 109 Å². The number of hydrogen-bond acceptors (Lipinski definition) is 3. The molecule has 102 valence electrons. The summed E-state index contributed by atoms with van der Waals surface area (Å²) in [6, 6.07) is 0. The minimum absolute atomic E-state index is 0.385. The largest absolute Gasteiger partial charge is 0.268 e. The third-order valence-corrected chi connectivity index (χ3v) is 5.24. The molecular formula is C12H21N3O2S. The minimum atomic E-state index is -3.16. The van der Waals surface area contributed by atoms with Crippen LogP contribution in [0.2, 0.25) is 0 Å². The van der Waals surface area contributed by atoms with Gasteiger partial charge in [-0.2, -0.15) is 5.10 Å². The molecule has 0 radical (unpaired) electrons. The van der Waals surface area contributed by atoms with Crippen LogP contribution in [0.15, 0.2) is 6.20 Å². The van der Waals surface area contributed by atoms with Crippen LogP contribution >= 0.6 is 0 Å². The first-order valence-corrected chi connectivity index (χ1v) is 8.07.